The van der Waals surface area contributed by atoms with Gasteiger partial charge >= 0.3 is 0 Å². The van der Waals surface area contributed by atoms with Crippen molar-refractivity contribution in [1.82, 2.24) is 10.3 Å². The molecule has 2 rings (SSSR count). The maximum atomic E-state index is 11.9. The van der Waals surface area contributed by atoms with E-state index in [1.54, 1.807) is 19.5 Å². The standard InChI is InChI=1S/C18H22N2O3/c1-14(23-17-8-6-16(22-2)7-9-17)5-10-18(21)20-13-15-4-3-11-19-12-15/h3-4,6-9,11-12,14H,5,10,13H2,1-2H3,(H,20,21). The molecular formula is C18H22N2O3. The maximum absolute atomic E-state index is 11.9. The van der Waals surface area contributed by atoms with Crippen molar-refractivity contribution in [3.05, 3.63) is 54.4 Å². The molecule has 0 spiro atoms. The lowest BCUT2D eigenvalue weighted by Crippen LogP contribution is -2.24. The van der Waals surface area contributed by atoms with Crippen LogP contribution in [0.3, 0.4) is 0 Å². The van der Waals surface area contributed by atoms with Gasteiger partial charge in [0.05, 0.1) is 13.2 Å². The number of hydrogen-bond donors (Lipinski definition) is 1. The Kier molecular flexibility index (Phi) is 6.41. The van der Waals surface area contributed by atoms with Gasteiger partial charge in [0, 0.05) is 25.4 Å². The number of carbonyl (C=O) groups is 1. The number of methoxy groups -OCH3 is 1. The lowest BCUT2D eigenvalue weighted by Gasteiger charge is -2.15. The summed E-state index contributed by atoms with van der Waals surface area (Å²) in [5, 5.41) is 2.88. The highest BCUT2D eigenvalue weighted by Gasteiger charge is 2.08. The van der Waals surface area contributed by atoms with Crippen LogP contribution in [-0.4, -0.2) is 24.1 Å². The van der Waals surface area contributed by atoms with Gasteiger partial charge in [-0.3, -0.25) is 9.78 Å². The summed E-state index contributed by atoms with van der Waals surface area (Å²) in [4.78, 5) is 15.9. The van der Waals surface area contributed by atoms with Crippen LogP contribution in [0.5, 0.6) is 11.5 Å². The molecule has 1 amide bonds. The average Bonchev–Trinajstić information content (AvgIpc) is 2.60. The summed E-state index contributed by atoms with van der Waals surface area (Å²) in [6.45, 7) is 2.46. The number of hydrogen-bond acceptors (Lipinski definition) is 4. The van der Waals surface area contributed by atoms with Gasteiger partial charge in [0.2, 0.25) is 5.91 Å². The van der Waals surface area contributed by atoms with Crippen LogP contribution in [0.4, 0.5) is 0 Å². The molecule has 0 aliphatic rings. The molecule has 2 aromatic rings. The van der Waals surface area contributed by atoms with Gasteiger partial charge in [0.25, 0.3) is 0 Å². The van der Waals surface area contributed by atoms with E-state index in [9.17, 15) is 4.79 Å². The normalized spacial score (nSPS) is 11.6. The topological polar surface area (TPSA) is 60.5 Å². The lowest BCUT2D eigenvalue weighted by atomic mass is 10.2. The van der Waals surface area contributed by atoms with Crippen LogP contribution in [0.2, 0.25) is 0 Å². The Balaban J connectivity index is 1.68. The number of carbonyl (C=O) groups excluding carboxylic acids is 1. The van der Waals surface area contributed by atoms with Gasteiger partial charge in [-0.25, -0.2) is 0 Å². The third-order valence-corrected chi connectivity index (χ3v) is 3.39. The highest BCUT2D eigenvalue weighted by molar-refractivity contribution is 5.75. The molecule has 5 nitrogen and oxygen atoms in total. The molecule has 0 saturated carbocycles. The predicted octanol–water partition coefficient (Wildman–Crippen LogP) is 2.95. The minimum absolute atomic E-state index is 0.0130. The first-order valence-corrected chi connectivity index (χ1v) is 7.63. The van der Waals surface area contributed by atoms with E-state index in [4.69, 9.17) is 9.47 Å². The highest BCUT2D eigenvalue weighted by Crippen LogP contribution is 2.19. The zero-order valence-corrected chi connectivity index (χ0v) is 13.5. The monoisotopic (exact) mass is 314 g/mol. The summed E-state index contributed by atoms with van der Waals surface area (Å²) in [7, 11) is 1.63. The van der Waals surface area contributed by atoms with E-state index in [-0.39, 0.29) is 12.0 Å². The van der Waals surface area contributed by atoms with Gasteiger partial charge in [-0.2, -0.15) is 0 Å². The third kappa shape index (κ3) is 5.98. The molecule has 0 aliphatic carbocycles. The van der Waals surface area contributed by atoms with E-state index in [0.29, 0.717) is 19.4 Å². The molecule has 0 radical (unpaired) electrons. The zero-order valence-electron chi connectivity index (χ0n) is 13.5. The first-order valence-electron chi connectivity index (χ1n) is 7.63. The average molecular weight is 314 g/mol. The molecule has 0 fully saturated rings. The number of ether oxygens (including phenoxy) is 2. The minimum atomic E-state index is -0.0347. The second-order valence-electron chi connectivity index (χ2n) is 5.28. The Morgan fingerprint density at radius 2 is 1.96 bits per heavy atom. The van der Waals surface area contributed by atoms with Crippen molar-refractivity contribution in [2.75, 3.05) is 7.11 Å². The van der Waals surface area contributed by atoms with Crippen LogP contribution in [0.15, 0.2) is 48.8 Å². The van der Waals surface area contributed by atoms with Crippen molar-refractivity contribution in [3.8, 4) is 11.5 Å². The molecule has 1 unspecified atom stereocenters. The summed E-state index contributed by atoms with van der Waals surface area (Å²) in [5.41, 5.74) is 0.989. The zero-order chi connectivity index (χ0) is 16.5. The van der Waals surface area contributed by atoms with Crippen molar-refractivity contribution >= 4 is 5.91 Å². The molecule has 0 bridgehead atoms. The Bertz CT molecular complexity index is 599. The number of amides is 1. The van der Waals surface area contributed by atoms with Gasteiger partial charge in [0.1, 0.15) is 11.5 Å². The SMILES string of the molecule is COc1ccc(OC(C)CCC(=O)NCc2cccnc2)cc1. The van der Waals surface area contributed by atoms with Crippen molar-refractivity contribution in [1.29, 1.82) is 0 Å². The van der Waals surface area contributed by atoms with Crippen LogP contribution in [0.25, 0.3) is 0 Å². The Morgan fingerprint density at radius 3 is 2.61 bits per heavy atom. The van der Waals surface area contributed by atoms with Crippen LogP contribution in [0, 0.1) is 0 Å². The number of pyridine rings is 1. The molecular weight excluding hydrogens is 292 g/mol. The molecule has 5 heteroatoms. The van der Waals surface area contributed by atoms with Gasteiger partial charge in [-0.05, 0) is 49.2 Å². The van der Waals surface area contributed by atoms with Crippen LogP contribution in [0.1, 0.15) is 25.3 Å². The molecule has 0 saturated heterocycles. The fraction of sp³-hybridized carbons (Fsp3) is 0.333. The minimum Gasteiger partial charge on any atom is -0.497 e. The summed E-state index contributed by atoms with van der Waals surface area (Å²) in [6.07, 6.45) is 4.51. The number of nitrogens with one attached hydrogen (secondary N) is 1. The Labute approximate surface area is 136 Å². The van der Waals surface area contributed by atoms with Crippen molar-refractivity contribution in [2.45, 2.75) is 32.4 Å². The van der Waals surface area contributed by atoms with E-state index in [0.717, 1.165) is 17.1 Å². The largest absolute Gasteiger partial charge is 0.497 e. The van der Waals surface area contributed by atoms with Crippen LogP contribution < -0.4 is 14.8 Å². The second kappa shape index (κ2) is 8.78. The smallest absolute Gasteiger partial charge is 0.220 e. The Morgan fingerprint density at radius 1 is 1.22 bits per heavy atom. The van der Waals surface area contributed by atoms with Crippen LogP contribution in [-0.2, 0) is 11.3 Å². The maximum Gasteiger partial charge on any atom is 0.220 e. The molecule has 1 aromatic carbocycles. The number of nitrogens with zero attached hydrogens (tertiary/aromatic N) is 1. The Hall–Kier alpha value is -2.56. The quantitative estimate of drug-likeness (QED) is 0.814. The van der Waals surface area contributed by atoms with Crippen molar-refractivity contribution in [3.63, 3.8) is 0 Å². The van der Waals surface area contributed by atoms with Gasteiger partial charge in [-0.15, -0.1) is 0 Å². The number of aromatic nitrogens is 1. The van der Waals surface area contributed by atoms with E-state index >= 15 is 0 Å². The summed E-state index contributed by atoms with van der Waals surface area (Å²) in [6, 6.07) is 11.2. The summed E-state index contributed by atoms with van der Waals surface area (Å²) < 4.78 is 10.9. The van der Waals surface area contributed by atoms with E-state index in [1.165, 1.54) is 0 Å². The molecule has 23 heavy (non-hydrogen) atoms. The second-order valence-corrected chi connectivity index (χ2v) is 5.28. The fourth-order valence-corrected chi connectivity index (χ4v) is 2.07. The van der Waals surface area contributed by atoms with E-state index < -0.39 is 0 Å². The summed E-state index contributed by atoms with van der Waals surface area (Å²) in [5.74, 6) is 1.58. The van der Waals surface area contributed by atoms with E-state index in [2.05, 4.69) is 10.3 Å². The van der Waals surface area contributed by atoms with Crippen molar-refractivity contribution in [2.24, 2.45) is 0 Å². The molecule has 1 heterocycles. The molecule has 1 aromatic heterocycles. The number of benzene rings is 1. The fourth-order valence-electron chi connectivity index (χ4n) is 2.07. The lowest BCUT2D eigenvalue weighted by molar-refractivity contribution is -0.121. The molecule has 1 atom stereocenters. The highest BCUT2D eigenvalue weighted by atomic mass is 16.5. The molecule has 0 aliphatic heterocycles. The van der Waals surface area contributed by atoms with Crippen LogP contribution >= 0.6 is 0 Å². The predicted molar refractivity (Wildman–Crippen MR) is 88.4 cm³/mol. The molecule has 122 valence electrons. The van der Waals surface area contributed by atoms with Gasteiger partial charge < -0.3 is 14.8 Å². The van der Waals surface area contributed by atoms with Gasteiger partial charge in [-0.1, -0.05) is 6.07 Å². The van der Waals surface area contributed by atoms with E-state index in [1.807, 2.05) is 43.3 Å². The third-order valence-electron chi connectivity index (χ3n) is 3.39. The van der Waals surface area contributed by atoms with Gasteiger partial charge in [0.15, 0.2) is 0 Å². The summed E-state index contributed by atoms with van der Waals surface area (Å²) >= 11 is 0. The number of rotatable bonds is 8. The van der Waals surface area contributed by atoms with Crippen molar-refractivity contribution < 1.29 is 14.3 Å². The molecule has 1 N–H and O–H groups in total. The first kappa shape index (κ1) is 16.8. The first-order chi connectivity index (χ1) is 11.2.